The number of aromatic nitrogens is 6. The molecule has 4 atom stereocenters. The molecule has 3 aromatic heterocycles. The van der Waals surface area contributed by atoms with Gasteiger partial charge in [0.2, 0.25) is 5.24 Å². The fourth-order valence-corrected chi connectivity index (χ4v) is 11.9. The van der Waals surface area contributed by atoms with Gasteiger partial charge in [0.1, 0.15) is 11.3 Å². The average molecular weight is 811 g/mol. The molecule has 8 saturated carbocycles. The molecule has 8 bridgehead atoms. The van der Waals surface area contributed by atoms with E-state index in [2.05, 4.69) is 9.97 Å². The van der Waals surface area contributed by atoms with Gasteiger partial charge in [0.05, 0.1) is 4.92 Å². The Labute approximate surface area is 349 Å². The van der Waals surface area contributed by atoms with Gasteiger partial charge in [0, 0.05) is 56.1 Å². The predicted octanol–water partition coefficient (Wildman–Crippen LogP) is 5.68. The van der Waals surface area contributed by atoms with E-state index in [9.17, 15) is 34.1 Å². The maximum absolute atomic E-state index is 13.3. The summed E-state index contributed by atoms with van der Waals surface area (Å²) in [5.41, 5.74) is -1.24. The van der Waals surface area contributed by atoms with Crippen molar-refractivity contribution in [1.29, 1.82) is 0 Å². The van der Waals surface area contributed by atoms with Crippen molar-refractivity contribution < 1.29 is 28.9 Å². The molecule has 0 spiro atoms. The van der Waals surface area contributed by atoms with E-state index in [0.717, 1.165) is 54.9 Å². The van der Waals surface area contributed by atoms with E-state index in [1.807, 2.05) is 0 Å². The van der Waals surface area contributed by atoms with Crippen LogP contribution in [-0.2, 0) is 36.3 Å². The molecule has 11 rings (SSSR count). The van der Waals surface area contributed by atoms with Crippen LogP contribution in [0.15, 0.2) is 19.2 Å². The van der Waals surface area contributed by atoms with Crippen LogP contribution in [-0.4, -0.2) is 38.4 Å². The minimum Gasteiger partial charge on any atom is -0.379 e. The Balaban J connectivity index is 0.000000171. The molecular weight excluding hydrogens is 740 g/mol. The van der Waals surface area contributed by atoms with Crippen molar-refractivity contribution in [3.05, 3.63) is 57.6 Å². The molecule has 3 N–H and O–H groups in total. The maximum atomic E-state index is 13.3. The number of carbonyl (C=O) groups is 1. The number of imidazole rings is 1. The van der Waals surface area contributed by atoms with Gasteiger partial charge in [-0.3, -0.25) is 42.8 Å². The second-order valence-corrected chi connectivity index (χ2v) is 16.9. The number of nitrogens with zero attached hydrogens (tertiary/aromatic N) is 6. The van der Waals surface area contributed by atoms with Crippen LogP contribution in [0.4, 0.5) is 11.5 Å². The number of nitrogens with one attached hydrogen (secondary N) is 1. The van der Waals surface area contributed by atoms with Crippen molar-refractivity contribution >= 4 is 39.5 Å². The van der Waals surface area contributed by atoms with Gasteiger partial charge in [0.25, 0.3) is 5.56 Å². The lowest BCUT2D eigenvalue weighted by Crippen LogP contribution is -2.42. The second-order valence-electron chi connectivity index (χ2n) is 16.6. The minimum atomic E-state index is -3.64. The number of carbonyl (C=O) groups excluding carboxylic acids is 1. The summed E-state index contributed by atoms with van der Waals surface area (Å²) in [6.45, 7) is -10.8. The molecule has 3 heterocycles. The number of hydrogen-bond donors (Lipinski definition) is 2. The Kier molecular flexibility index (Phi) is 7.17. The number of nitro groups is 1. The lowest BCUT2D eigenvalue weighted by molar-refractivity contribution is -0.386. The van der Waals surface area contributed by atoms with Gasteiger partial charge in [-0.1, -0.05) is 27.6 Å². The number of fused-ring (bicyclic) bond motifs is 1. The Morgan fingerprint density at radius 1 is 0.857 bits per heavy atom. The van der Waals surface area contributed by atoms with Crippen molar-refractivity contribution in [1.82, 2.24) is 28.2 Å². The summed E-state index contributed by atoms with van der Waals surface area (Å²) in [4.78, 5) is 79.9. The van der Waals surface area contributed by atoms with Gasteiger partial charge in [-0.05, 0) is 137 Å². The van der Waals surface area contributed by atoms with Crippen LogP contribution in [0.2, 0.25) is 0 Å². The van der Waals surface area contributed by atoms with E-state index in [-0.39, 0.29) is 51.3 Å². The van der Waals surface area contributed by atoms with Gasteiger partial charge >= 0.3 is 22.6 Å². The van der Waals surface area contributed by atoms with E-state index in [0.29, 0.717) is 45.1 Å². The molecule has 0 saturated heterocycles. The number of H-pyrrole nitrogens is 1. The first-order valence-corrected chi connectivity index (χ1v) is 19.7. The van der Waals surface area contributed by atoms with E-state index >= 15 is 0 Å². The number of rotatable bonds is 11. The molecule has 0 aromatic carbocycles. The first-order chi connectivity index (χ1) is 32.1. The monoisotopic (exact) mass is 810 g/mol. The highest BCUT2D eigenvalue weighted by Crippen LogP contribution is 2.66. The Morgan fingerprint density at radius 3 is 1.89 bits per heavy atom. The van der Waals surface area contributed by atoms with Crippen LogP contribution in [0.5, 0.6) is 0 Å². The van der Waals surface area contributed by atoms with Crippen LogP contribution in [0, 0.1) is 51.0 Å². The summed E-state index contributed by atoms with van der Waals surface area (Å²) in [5.74, 6) is 3.20. The van der Waals surface area contributed by atoms with E-state index in [1.165, 1.54) is 32.6 Å². The summed E-state index contributed by atoms with van der Waals surface area (Å²) in [6, 6.07) is 0. The average Bonchev–Trinajstić information content (AvgIpc) is 3.98. The highest BCUT2D eigenvalue weighted by atomic mass is 35.5. The normalized spacial score (nSPS) is 35.3. The first kappa shape index (κ1) is 26.1. The van der Waals surface area contributed by atoms with Crippen molar-refractivity contribution in [3.63, 3.8) is 0 Å². The molecule has 15 nitrogen and oxygen atoms in total. The molecule has 8 aliphatic rings. The van der Waals surface area contributed by atoms with Gasteiger partial charge in [-0.25, -0.2) is 14.6 Å². The Morgan fingerprint density at radius 2 is 1.38 bits per heavy atom. The molecule has 8 fully saturated rings. The molecule has 8 aliphatic carbocycles. The van der Waals surface area contributed by atoms with Crippen LogP contribution >= 0.6 is 11.6 Å². The standard InChI is InChI=1S/C20H28N4O2.C10H13ClO.C10H16N4O4/c1-3-5-23-16-15(17(25)24(6-4-2)19(23)26)21-18(22-16)20-10-12-7-13(11-20)9-14(20)8-12;11-9(12)10-4-6-1-7(5-10)3-8(10)2-6;1-3-5-12-8(11)7(14(17)18)9(15)13(6-4-2)10(12)16/h12-14H,3-11H2,1-2H3,(H,21,22);6-8H,1-5H2;3-6,11H2,1-2H3/i1D3,3D2,5D2;;1D3,3D2,5D2. The van der Waals surface area contributed by atoms with Crippen molar-refractivity contribution in [3.8, 4) is 0 Å². The smallest absolute Gasteiger partial charge is 0.374 e. The maximum Gasteiger partial charge on any atom is 0.374 e. The van der Waals surface area contributed by atoms with Gasteiger partial charge in [-0.2, -0.15) is 0 Å². The molecule has 306 valence electrons. The number of nitrogen functional groups attached to an aromatic ring is 1. The Hall–Kier alpha value is -4.01. The third-order valence-electron chi connectivity index (χ3n) is 13.4. The van der Waals surface area contributed by atoms with Crippen molar-refractivity contribution in [2.24, 2.45) is 40.9 Å². The molecule has 0 radical (unpaired) electrons. The number of nitrogens with two attached hydrogens (primary N) is 1. The summed E-state index contributed by atoms with van der Waals surface area (Å²) in [7, 11) is 0. The summed E-state index contributed by atoms with van der Waals surface area (Å²) >= 11 is 5.72. The zero-order valence-electron chi connectivity index (χ0n) is 45.4. The van der Waals surface area contributed by atoms with Crippen molar-refractivity contribution in [2.45, 2.75) is 149 Å². The fraction of sp³-hybridized carbons (Fsp3) is 0.750. The minimum absolute atomic E-state index is 0.00722. The van der Waals surface area contributed by atoms with E-state index in [4.69, 9.17) is 36.5 Å². The molecule has 0 aliphatic heterocycles. The number of anilines is 1. The molecule has 4 unspecified atom stereocenters. The number of halogens is 1. The third-order valence-corrected chi connectivity index (χ3v) is 13.8. The number of hydrogen-bond acceptors (Lipinski definition) is 9. The van der Waals surface area contributed by atoms with E-state index in [1.54, 1.807) is 6.92 Å². The zero-order valence-corrected chi connectivity index (χ0v) is 32.1. The number of aromatic amines is 1. The molecule has 3 aromatic rings. The predicted molar refractivity (Wildman–Crippen MR) is 214 cm³/mol. The zero-order chi connectivity index (χ0) is 52.4. The fourth-order valence-electron chi connectivity index (χ4n) is 11.6. The van der Waals surface area contributed by atoms with Gasteiger partial charge in [0.15, 0.2) is 11.5 Å². The third kappa shape index (κ3) is 6.49. The molecule has 0 amide bonds. The lowest BCUT2D eigenvalue weighted by atomic mass is 9.75. The van der Waals surface area contributed by atoms with Crippen LogP contribution in [0.3, 0.4) is 0 Å². The van der Waals surface area contributed by atoms with Crippen LogP contribution < -0.4 is 28.2 Å². The molecular formula is C40H57ClN8O7. The van der Waals surface area contributed by atoms with E-state index < -0.39 is 78.4 Å². The largest absolute Gasteiger partial charge is 0.379 e. The highest BCUT2D eigenvalue weighted by molar-refractivity contribution is 6.64. The second kappa shape index (κ2) is 15.4. The topological polar surface area (TPSA) is 203 Å². The van der Waals surface area contributed by atoms with Crippen molar-refractivity contribution in [2.75, 3.05) is 5.73 Å². The lowest BCUT2D eigenvalue weighted by Gasteiger charge is -2.30. The highest BCUT2D eigenvalue weighted by Gasteiger charge is 2.61. The molecule has 56 heavy (non-hydrogen) atoms. The van der Waals surface area contributed by atoms with Gasteiger partial charge < -0.3 is 10.7 Å². The Bertz CT molecular complexity index is 2820. The quantitative estimate of drug-likeness (QED) is 0.139. The SMILES string of the molecule is O=C(Cl)C12CC3CC(CC1C3)C2.[2H]C([2H])([2H])C([2H])([2H])C([2H])([2H])n1c(=O)n(CCC)c(=O)c2[nH]c(C34CC5CC(CC3C5)C4)nc21.[2H]C([2H])([2H])C([2H])([2H])C([2H])([2H])n1c(N)c([N+](=O)[O-])c(=O)n(CCC)c1=O. The number of aryl methyl sites for hydroxylation is 1. The first-order valence-electron chi connectivity index (χ1n) is 26.3. The van der Waals surface area contributed by atoms with Gasteiger partial charge in [-0.15, -0.1) is 0 Å². The van der Waals surface area contributed by atoms with Crippen LogP contribution in [0.25, 0.3) is 11.2 Å². The van der Waals surface area contributed by atoms with Crippen LogP contribution in [0.1, 0.15) is 142 Å². The summed E-state index contributed by atoms with van der Waals surface area (Å²) < 4.78 is 109. The summed E-state index contributed by atoms with van der Waals surface area (Å²) in [6.07, 6.45) is 4.90. The summed E-state index contributed by atoms with van der Waals surface area (Å²) in [5, 5.41) is 11.1. The molecule has 16 heteroatoms.